The van der Waals surface area contributed by atoms with Crippen molar-refractivity contribution >= 4 is 5.91 Å². The van der Waals surface area contributed by atoms with E-state index in [1.807, 2.05) is 17.0 Å². The van der Waals surface area contributed by atoms with Crippen LogP contribution in [0.25, 0.3) is 0 Å². The maximum absolute atomic E-state index is 13.9. The van der Waals surface area contributed by atoms with Gasteiger partial charge in [0.15, 0.2) is 0 Å². The largest absolute Gasteiger partial charge is 0.393 e. The Hall–Kier alpha value is -1.46. The number of aliphatic hydroxyl groups is 1. The molecule has 2 atom stereocenters. The third-order valence-electron chi connectivity index (χ3n) is 5.59. The van der Waals surface area contributed by atoms with E-state index in [-0.39, 0.29) is 23.7 Å². The predicted octanol–water partition coefficient (Wildman–Crippen LogP) is 2.06. The van der Waals surface area contributed by atoms with Gasteiger partial charge < -0.3 is 10.0 Å². The molecule has 5 heteroatoms. The van der Waals surface area contributed by atoms with Crippen molar-refractivity contribution in [3.05, 3.63) is 35.6 Å². The van der Waals surface area contributed by atoms with E-state index in [1.54, 1.807) is 13.0 Å². The molecule has 1 aromatic carbocycles. The Kier molecular flexibility index (Phi) is 5.51. The molecule has 24 heavy (non-hydrogen) atoms. The minimum Gasteiger partial charge on any atom is -0.393 e. The first-order chi connectivity index (χ1) is 11.5. The molecule has 4 nitrogen and oxygen atoms in total. The zero-order chi connectivity index (χ0) is 17.1. The van der Waals surface area contributed by atoms with Gasteiger partial charge in [0.05, 0.1) is 6.10 Å². The molecule has 1 aromatic rings. The molecule has 1 amide bonds. The minimum atomic E-state index is -0.363. The number of piperidine rings is 2. The van der Waals surface area contributed by atoms with Gasteiger partial charge in [0.1, 0.15) is 5.82 Å². The molecule has 2 saturated heterocycles. The van der Waals surface area contributed by atoms with E-state index in [2.05, 4.69) is 4.90 Å². The van der Waals surface area contributed by atoms with Crippen LogP contribution in [-0.2, 0) is 11.2 Å². The quantitative estimate of drug-likeness (QED) is 0.920. The van der Waals surface area contributed by atoms with Crippen LogP contribution < -0.4 is 0 Å². The fraction of sp³-hybridized carbons (Fsp3) is 0.632. The lowest BCUT2D eigenvalue weighted by atomic mass is 9.87. The SMILES string of the molecule is CC(=O)N1CCC(N2CC[C@H](O)[C@H](Cc3ccccc3F)C2)CC1. The Labute approximate surface area is 143 Å². The Balaban J connectivity index is 1.59. The number of likely N-dealkylation sites (tertiary alicyclic amines) is 2. The lowest BCUT2D eigenvalue weighted by Crippen LogP contribution is -2.52. The second kappa shape index (κ2) is 7.62. The molecule has 2 heterocycles. The lowest BCUT2D eigenvalue weighted by Gasteiger charge is -2.43. The van der Waals surface area contributed by atoms with Crippen molar-refractivity contribution in [2.75, 3.05) is 26.2 Å². The third-order valence-corrected chi connectivity index (χ3v) is 5.59. The first-order valence-corrected chi connectivity index (χ1v) is 8.95. The third kappa shape index (κ3) is 3.95. The number of carbonyl (C=O) groups excluding carboxylic acids is 1. The maximum atomic E-state index is 13.9. The molecule has 0 aliphatic carbocycles. The van der Waals surface area contributed by atoms with Crippen LogP contribution in [0.3, 0.4) is 0 Å². The molecule has 0 saturated carbocycles. The molecule has 0 bridgehead atoms. The summed E-state index contributed by atoms with van der Waals surface area (Å²) in [4.78, 5) is 15.8. The fourth-order valence-corrected chi connectivity index (χ4v) is 4.07. The van der Waals surface area contributed by atoms with Gasteiger partial charge in [-0.15, -0.1) is 0 Å². The number of aliphatic hydroxyl groups excluding tert-OH is 1. The summed E-state index contributed by atoms with van der Waals surface area (Å²) in [7, 11) is 0. The number of carbonyl (C=O) groups is 1. The van der Waals surface area contributed by atoms with Crippen molar-refractivity contribution in [2.45, 2.75) is 44.8 Å². The molecule has 0 spiro atoms. The van der Waals surface area contributed by atoms with E-state index < -0.39 is 0 Å². The summed E-state index contributed by atoms with van der Waals surface area (Å²) in [5.74, 6) is 0.0398. The van der Waals surface area contributed by atoms with Gasteiger partial charge in [0.25, 0.3) is 0 Å². The number of hydrogen-bond donors (Lipinski definition) is 1. The number of nitrogens with zero attached hydrogens (tertiary/aromatic N) is 2. The average Bonchev–Trinajstić information content (AvgIpc) is 2.59. The highest BCUT2D eigenvalue weighted by molar-refractivity contribution is 5.73. The van der Waals surface area contributed by atoms with E-state index in [1.165, 1.54) is 6.07 Å². The highest BCUT2D eigenvalue weighted by atomic mass is 19.1. The molecule has 0 aromatic heterocycles. The van der Waals surface area contributed by atoms with E-state index in [9.17, 15) is 14.3 Å². The maximum Gasteiger partial charge on any atom is 0.219 e. The molecule has 0 radical (unpaired) electrons. The summed E-state index contributed by atoms with van der Waals surface area (Å²) in [6.07, 6.45) is 2.94. The van der Waals surface area contributed by atoms with Gasteiger partial charge in [0.2, 0.25) is 5.91 Å². The number of benzene rings is 1. The van der Waals surface area contributed by atoms with Crippen LogP contribution in [0.15, 0.2) is 24.3 Å². The summed E-state index contributed by atoms with van der Waals surface area (Å²) in [6.45, 7) is 4.95. The van der Waals surface area contributed by atoms with Crippen molar-refractivity contribution in [3.8, 4) is 0 Å². The Morgan fingerprint density at radius 3 is 2.58 bits per heavy atom. The number of halogens is 1. The number of hydrogen-bond acceptors (Lipinski definition) is 3. The second-order valence-corrected chi connectivity index (χ2v) is 7.14. The molecular weight excluding hydrogens is 307 g/mol. The smallest absolute Gasteiger partial charge is 0.219 e. The van der Waals surface area contributed by atoms with Crippen molar-refractivity contribution in [2.24, 2.45) is 5.92 Å². The fourth-order valence-electron chi connectivity index (χ4n) is 4.07. The van der Waals surface area contributed by atoms with E-state index in [0.717, 1.165) is 45.4 Å². The van der Waals surface area contributed by atoms with Crippen LogP contribution >= 0.6 is 0 Å². The lowest BCUT2D eigenvalue weighted by molar-refractivity contribution is -0.130. The monoisotopic (exact) mass is 334 g/mol. The zero-order valence-electron chi connectivity index (χ0n) is 14.3. The molecule has 2 aliphatic rings. The molecule has 132 valence electrons. The Morgan fingerprint density at radius 1 is 1.21 bits per heavy atom. The second-order valence-electron chi connectivity index (χ2n) is 7.14. The minimum absolute atomic E-state index is 0.0708. The van der Waals surface area contributed by atoms with Crippen LogP contribution in [0.2, 0.25) is 0 Å². The topological polar surface area (TPSA) is 43.8 Å². The number of amides is 1. The van der Waals surface area contributed by atoms with Crippen LogP contribution in [0.5, 0.6) is 0 Å². The van der Waals surface area contributed by atoms with Crippen molar-refractivity contribution in [1.82, 2.24) is 9.80 Å². The van der Waals surface area contributed by atoms with Crippen molar-refractivity contribution < 1.29 is 14.3 Å². The summed E-state index contributed by atoms with van der Waals surface area (Å²) < 4.78 is 13.9. The van der Waals surface area contributed by atoms with Gasteiger partial charge in [0, 0.05) is 45.1 Å². The normalized spacial score (nSPS) is 26.5. The van der Waals surface area contributed by atoms with Gasteiger partial charge in [-0.2, -0.15) is 0 Å². The van der Waals surface area contributed by atoms with Crippen LogP contribution in [-0.4, -0.2) is 59.1 Å². The molecule has 2 aliphatic heterocycles. The summed E-state index contributed by atoms with van der Waals surface area (Å²) >= 11 is 0. The summed E-state index contributed by atoms with van der Waals surface area (Å²) in [5, 5.41) is 10.4. The Morgan fingerprint density at radius 2 is 1.92 bits per heavy atom. The average molecular weight is 334 g/mol. The van der Waals surface area contributed by atoms with E-state index in [0.29, 0.717) is 18.0 Å². The zero-order valence-corrected chi connectivity index (χ0v) is 14.3. The molecule has 2 fully saturated rings. The van der Waals surface area contributed by atoms with Crippen molar-refractivity contribution in [1.29, 1.82) is 0 Å². The molecule has 3 rings (SSSR count). The molecular formula is C19H27FN2O2. The first-order valence-electron chi connectivity index (χ1n) is 8.95. The van der Waals surface area contributed by atoms with Crippen LogP contribution in [0, 0.1) is 11.7 Å². The number of rotatable bonds is 3. The standard InChI is InChI=1S/C19H27FN2O2/c1-14(23)21-9-6-17(7-10-21)22-11-8-19(24)16(13-22)12-15-4-2-3-5-18(15)20/h2-5,16-17,19,24H,6-13H2,1H3/t16-,19+/m1/s1. The Bertz CT molecular complexity index is 572. The molecule has 1 N–H and O–H groups in total. The van der Waals surface area contributed by atoms with E-state index >= 15 is 0 Å². The van der Waals surface area contributed by atoms with Crippen LogP contribution in [0.1, 0.15) is 31.7 Å². The van der Waals surface area contributed by atoms with Crippen LogP contribution in [0.4, 0.5) is 4.39 Å². The summed E-state index contributed by atoms with van der Waals surface area (Å²) in [6, 6.07) is 7.32. The van der Waals surface area contributed by atoms with E-state index in [4.69, 9.17) is 0 Å². The van der Waals surface area contributed by atoms with Gasteiger partial charge in [-0.05, 0) is 37.3 Å². The first kappa shape index (κ1) is 17.4. The van der Waals surface area contributed by atoms with Gasteiger partial charge in [-0.1, -0.05) is 18.2 Å². The van der Waals surface area contributed by atoms with Crippen molar-refractivity contribution in [3.63, 3.8) is 0 Å². The van der Waals surface area contributed by atoms with Gasteiger partial charge >= 0.3 is 0 Å². The van der Waals surface area contributed by atoms with Gasteiger partial charge in [-0.25, -0.2) is 4.39 Å². The highest BCUT2D eigenvalue weighted by Gasteiger charge is 2.33. The highest BCUT2D eigenvalue weighted by Crippen LogP contribution is 2.27. The molecule has 0 unspecified atom stereocenters. The predicted molar refractivity (Wildman–Crippen MR) is 91.1 cm³/mol. The summed E-state index contributed by atoms with van der Waals surface area (Å²) in [5.41, 5.74) is 0.690. The van der Waals surface area contributed by atoms with Gasteiger partial charge in [-0.3, -0.25) is 9.69 Å².